The van der Waals surface area contributed by atoms with E-state index >= 15 is 0 Å². The molecule has 2 rings (SSSR count). The summed E-state index contributed by atoms with van der Waals surface area (Å²) < 4.78 is 25.9. The topological polar surface area (TPSA) is 50.9 Å². The number of benzene rings is 1. The Bertz CT molecular complexity index is 502. The zero-order valence-corrected chi connectivity index (χ0v) is 10.4. The Morgan fingerprint density at radius 2 is 2.11 bits per heavy atom. The van der Waals surface area contributed by atoms with E-state index in [9.17, 15) is 8.78 Å². The lowest BCUT2D eigenvalue weighted by Gasteiger charge is -2.14. The molecule has 0 amide bonds. The molecular weight excluding hydrogens is 256 g/mol. The van der Waals surface area contributed by atoms with Crippen molar-refractivity contribution in [2.24, 2.45) is 5.84 Å². The Morgan fingerprint density at radius 3 is 2.72 bits per heavy atom. The van der Waals surface area contributed by atoms with Gasteiger partial charge in [-0.2, -0.15) is 0 Å². The van der Waals surface area contributed by atoms with Gasteiger partial charge in [0.2, 0.25) is 0 Å². The number of hydrogen-bond donors (Lipinski definition) is 2. The minimum absolute atomic E-state index is 0.0546. The SMILES string of the molecule is NNC(Cc1ccc(F)c(F)c1)Cc1nccs1. The van der Waals surface area contributed by atoms with Crippen molar-refractivity contribution < 1.29 is 8.78 Å². The van der Waals surface area contributed by atoms with E-state index in [1.165, 1.54) is 6.07 Å². The summed E-state index contributed by atoms with van der Waals surface area (Å²) in [6.45, 7) is 0. The first-order valence-electron chi connectivity index (χ1n) is 5.47. The number of rotatable bonds is 5. The summed E-state index contributed by atoms with van der Waals surface area (Å²) in [6, 6.07) is 3.83. The maximum absolute atomic E-state index is 13.1. The second kappa shape index (κ2) is 5.99. The molecule has 0 saturated carbocycles. The molecule has 0 aliphatic heterocycles. The zero-order valence-electron chi connectivity index (χ0n) is 9.57. The number of hydrogen-bond acceptors (Lipinski definition) is 4. The monoisotopic (exact) mass is 269 g/mol. The molecule has 0 radical (unpaired) electrons. The van der Waals surface area contributed by atoms with Gasteiger partial charge in [0.1, 0.15) is 0 Å². The Kier molecular flexibility index (Phi) is 4.35. The van der Waals surface area contributed by atoms with Crippen molar-refractivity contribution in [2.75, 3.05) is 0 Å². The third-order valence-electron chi connectivity index (χ3n) is 2.61. The quantitative estimate of drug-likeness (QED) is 0.645. The molecule has 1 heterocycles. The summed E-state index contributed by atoms with van der Waals surface area (Å²) in [5.41, 5.74) is 3.38. The first-order chi connectivity index (χ1) is 8.69. The molecule has 0 aliphatic rings. The van der Waals surface area contributed by atoms with Gasteiger partial charge in [-0.05, 0) is 24.1 Å². The predicted octanol–water partition coefficient (Wildman–Crippen LogP) is 2.04. The summed E-state index contributed by atoms with van der Waals surface area (Å²) >= 11 is 1.54. The van der Waals surface area contributed by atoms with E-state index in [1.807, 2.05) is 5.38 Å². The Morgan fingerprint density at radius 1 is 1.28 bits per heavy atom. The smallest absolute Gasteiger partial charge is 0.159 e. The Labute approximate surface area is 108 Å². The number of aromatic nitrogens is 1. The Hall–Kier alpha value is -1.37. The predicted molar refractivity (Wildman–Crippen MR) is 67.0 cm³/mol. The minimum Gasteiger partial charge on any atom is -0.271 e. The minimum atomic E-state index is -0.837. The number of nitrogens with zero attached hydrogens (tertiary/aromatic N) is 1. The van der Waals surface area contributed by atoms with Gasteiger partial charge in [-0.25, -0.2) is 13.8 Å². The van der Waals surface area contributed by atoms with Crippen LogP contribution >= 0.6 is 11.3 Å². The summed E-state index contributed by atoms with van der Waals surface area (Å²) in [4.78, 5) is 4.17. The second-order valence-electron chi connectivity index (χ2n) is 3.95. The number of nitrogens with one attached hydrogen (secondary N) is 1. The van der Waals surface area contributed by atoms with Crippen molar-refractivity contribution >= 4 is 11.3 Å². The molecule has 96 valence electrons. The fourth-order valence-electron chi connectivity index (χ4n) is 1.71. The largest absolute Gasteiger partial charge is 0.271 e. The molecule has 18 heavy (non-hydrogen) atoms. The lowest BCUT2D eigenvalue weighted by atomic mass is 10.0. The van der Waals surface area contributed by atoms with E-state index in [1.54, 1.807) is 23.6 Å². The number of halogens is 2. The Balaban J connectivity index is 2.03. The molecule has 0 bridgehead atoms. The molecule has 6 heteroatoms. The van der Waals surface area contributed by atoms with Gasteiger partial charge in [0.15, 0.2) is 11.6 Å². The van der Waals surface area contributed by atoms with Crippen LogP contribution in [-0.4, -0.2) is 11.0 Å². The molecule has 0 saturated heterocycles. The van der Waals surface area contributed by atoms with E-state index in [2.05, 4.69) is 10.4 Å². The summed E-state index contributed by atoms with van der Waals surface area (Å²) in [7, 11) is 0. The van der Waals surface area contributed by atoms with E-state index < -0.39 is 11.6 Å². The van der Waals surface area contributed by atoms with Crippen LogP contribution in [0.2, 0.25) is 0 Å². The normalized spacial score (nSPS) is 12.6. The average Bonchev–Trinajstić information content (AvgIpc) is 2.86. The third kappa shape index (κ3) is 3.32. The van der Waals surface area contributed by atoms with Crippen molar-refractivity contribution in [1.82, 2.24) is 10.4 Å². The molecule has 1 aromatic carbocycles. The first kappa shape index (κ1) is 13.1. The van der Waals surface area contributed by atoms with Gasteiger partial charge in [0.25, 0.3) is 0 Å². The summed E-state index contributed by atoms with van der Waals surface area (Å²) in [5, 5.41) is 2.85. The highest BCUT2D eigenvalue weighted by molar-refractivity contribution is 7.09. The van der Waals surface area contributed by atoms with Crippen LogP contribution in [0.4, 0.5) is 8.78 Å². The molecule has 1 aromatic heterocycles. The van der Waals surface area contributed by atoms with Crippen LogP contribution in [-0.2, 0) is 12.8 Å². The van der Waals surface area contributed by atoms with Crippen molar-refractivity contribution in [1.29, 1.82) is 0 Å². The third-order valence-corrected chi connectivity index (χ3v) is 3.41. The van der Waals surface area contributed by atoms with Gasteiger partial charge in [0, 0.05) is 24.0 Å². The maximum atomic E-state index is 13.1. The fraction of sp³-hybridized carbons (Fsp3) is 0.250. The lowest BCUT2D eigenvalue weighted by Crippen LogP contribution is -2.38. The maximum Gasteiger partial charge on any atom is 0.159 e. The first-order valence-corrected chi connectivity index (χ1v) is 6.35. The van der Waals surface area contributed by atoms with Crippen LogP contribution in [0, 0.1) is 11.6 Å². The van der Waals surface area contributed by atoms with E-state index in [0.717, 1.165) is 11.1 Å². The van der Waals surface area contributed by atoms with Crippen LogP contribution in [0.5, 0.6) is 0 Å². The molecule has 2 aromatic rings. The molecule has 3 N–H and O–H groups in total. The van der Waals surface area contributed by atoms with Gasteiger partial charge in [-0.3, -0.25) is 11.3 Å². The molecule has 0 fully saturated rings. The van der Waals surface area contributed by atoms with Crippen LogP contribution in [0.25, 0.3) is 0 Å². The molecular formula is C12H13F2N3S. The van der Waals surface area contributed by atoms with Gasteiger partial charge in [-0.15, -0.1) is 11.3 Å². The number of thiazole rings is 1. The van der Waals surface area contributed by atoms with Crippen LogP contribution in [0.1, 0.15) is 10.6 Å². The lowest BCUT2D eigenvalue weighted by molar-refractivity contribution is 0.498. The molecule has 3 nitrogen and oxygen atoms in total. The van der Waals surface area contributed by atoms with Crippen molar-refractivity contribution in [3.05, 3.63) is 52.0 Å². The van der Waals surface area contributed by atoms with Gasteiger partial charge < -0.3 is 0 Å². The second-order valence-corrected chi connectivity index (χ2v) is 4.93. The van der Waals surface area contributed by atoms with Gasteiger partial charge in [-0.1, -0.05) is 6.07 Å². The van der Waals surface area contributed by atoms with Crippen LogP contribution in [0.3, 0.4) is 0 Å². The standard InChI is InChI=1S/C12H13F2N3S/c13-10-2-1-8(6-11(10)14)5-9(17-15)7-12-16-3-4-18-12/h1-4,6,9,17H,5,7,15H2. The van der Waals surface area contributed by atoms with Crippen molar-refractivity contribution in [2.45, 2.75) is 18.9 Å². The average molecular weight is 269 g/mol. The van der Waals surface area contributed by atoms with E-state index in [0.29, 0.717) is 18.4 Å². The van der Waals surface area contributed by atoms with Crippen LogP contribution in [0.15, 0.2) is 29.8 Å². The highest BCUT2D eigenvalue weighted by Gasteiger charge is 2.12. The fourth-order valence-corrected chi connectivity index (χ4v) is 2.40. The van der Waals surface area contributed by atoms with Crippen molar-refractivity contribution in [3.8, 4) is 0 Å². The number of hydrazine groups is 1. The molecule has 1 unspecified atom stereocenters. The van der Waals surface area contributed by atoms with Gasteiger partial charge >= 0.3 is 0 Å². The highest BCUT2D eigenvalue weighted by Crippen LogP contribution is 2.13. The summed E-state index contributed by atoms with van der Waals surface area (Å²) in [5.74, 6) is 3.79. The van der Waals surface area contributed by atoms with E-state index in [-0.39, 0.29) is 6.04 Å². The van der Waals surface area contributed by atoms with Gasteiger partial charge in [0.05, 0.1) is 5.01 Å². The molecule has 1 atom stereocenters. The highest BCUT2D eigenvalue weighted by atomic mass is 32.1. The molecule has 0 spiro atoms. The van der Waals surface area contributed by atoms with Crippen LogP contribution < -0.4 is 11.3 Å². The number of nitrogens with two attached hydrogens (primary N) is 1. The van der Waals surface area contributed by atoms with Crippen molar-refractivity contribution in [3.63, 3.8) is 0 Å². The zero-order chi connectivity index (χ0) is 13.0. The van der Waals surface area contributed by atoms with E-state index in [4.69, 9.17) is 5.84 Å². The summed E-state index contributed by atoms with van der Waals surface area (Å²) in [6.07, 6.45) is 2.91. The molecule has 0 aliphatic carbocycles.